The van der Waals surface area contributed by atoms with Crippen molar-refractivity contribution in [1.82, 2.24) is 4.98 Å². The molecule has 1 heterocycles. The van der Waals surface area contributed by atoms with Crippen LogP contribution < -0.4 is 0 Å². The lowest BCUT2D eigenvalue weighted by Crippen LogP contribution is -2.08. The summed E-state index contributed by atoms with van der Waals surface area (Å²) < 4.78 is 30.4. The summed E-state index contributed by atoms with van der Waals surface area (Å²) in [6, 6.07) is 18.1. The fourth-order valence-electron chi connectivity index (χ4n) is 2.46. The molecule has 0 saturated carbocycles. The molecule has 0 bridgehead atoms. The highest BCUT2D eigenvalue weighted by molar-refractivity contribution is 7.91. The molecule has 1 aromatic heterocycles. The number of methoxy groups -OCH3 is 1. The highest BCUT2D eigenvalue weighted by Crippen LogP contribution is 2.29. The topological polar surface area (TPSA) is 73.3 Å². The Morgan fingerprint density at radius 2 is 1.68 bits per heavy atom. The first kappa shape index (κ1) is 16.9. The quantitative estimate of drug-likeness (QED) is 0.673. The van der Waals surface area contributed by atoms with Crippen LogP contribution >= 0.6 is 0 Å². The third-order valence-electron chi connectivity index (χ3n) is 3.70. The van der Waals surface area contributed by atoms with Crippen molar-refractivity contribution in [2.75, 3.05) is 7.11 Å². The highest BCUT2D eigenvalue weighted by atomic mass is 32.2. The molecule has 0 aliphatic carbocycles. The van der Waals surface area contributed by atoms with Crippen molar-refractivity contribution in [2.24, 2.45) is 0 Å². The number of aromatic nitrogens is 1. The van der Waals surface area contributed by atoms with Crippen LogP contribution in [-0.4, -0.2) is 26.5 Å². The maximum absolute atomic E-state index is 12.8. The van der Waals surface area contributed by atoms with Crippen molar-refractivity contribution in [1.29, 1.82) is 0 Å². The maximum atomic E-state index is 12.8. The molecule has 0 N–H and O–H groups in total. The van der Waals surface area contributed by atoms with E-state index in [4.69, 9.17) is 4.74 Å². The van der Waals surface area contributed by atoms with Crippen LogP contribution in [0, 0.1) is 0 Å². The Balaban J connectivity index is 2.20. The molecule has 5 nitrogen and oxygen atoms in total. The minimum atomic E-state index is -3.78. The summed E-state index contributed by atoms with van der Waals surface area (Å²) in [7, 11) is -2.49. The summed E-state index contributed by atoms with van der Waals surface area (Å²) in [6.07, 6.45) is 1.42. The fraction of sp³-hybridized carbons (Fsp3) is 0.0526. The number of rotatable bonds is 4. The van der Waals surface area contributed by atoms with Crippen molar-refractivity contribution < 1.29 is 17.9 Å². The van der Waals surface area contributed by atoms with Gasteiger partial charge in [0, 0.05) is 6.20 Å². The number of esters is 1. The number of carbonyl (C=O) groups excluding carboxylic acids is 1. The number of hydrogen-bond acceptors (Lipinski definition) is 5. The summed E-state index contributed by atoms with van der Waals surface area (Å²) in [6.45, 7) is 0. The molecule has 0 unspecified atom stereocenters. The largest absolute Gasteiger partial charge is 0.465 e. The van der Waals surface area contributed by atoms with Gasteiger partial charge in [0.05, 0.1) is 17.6 Å². The third-order valence-corrected chi connectivity index (χ3v) is 5.37. The molecule has 0 radical (unpaired) electrons. The van der Waals surface area contributed by atoms with Gasteiger partial charge in [-0.15, -0.1) is 0 Å². The summed E-state index contributed by atoms with van der Waals surface area (Å²) in [4.78, 5) is 16.0. The van der Waals surface area contributed by atoms with E-state index in [1.807, 2.05) is 18.2 Å². The van der Waals surface area contributed by atoms with E-state index >= 15 is 0 Å². The molecule has 6 heteroatoms. The zero-order chi connectivity index (χ0) is 17.9. The molecule has 25 heavy (non-hydrogen) atoms. The molecule has 0 amide bonds. The zero-order valence-electron chi connectivity index (χ0n) is 13.4. The van der Waals surface area contributed by atoms with Crippen molar-refractivity contribution in [3.05, 3.63) is 78.5 Å². The van der Waals surface area contributed by atoms with E-state index in [-0.39, 0.29) is 9.92 Å². The number of sulfone groups is 1. The molecule has 0 aliphatic rings. The second-order valence-corrected chi connectivity index (χ2v) is 7.13. The molecule has 3 aromatic rings. The van der Waals surface area contributed by atoms with Crippen molar-refractivity contribution in [2.45, 2.75) is 9.92 Å². The standard InChI is InChI=1S/C19H15NO4S/c1-24-19(21)16-11-10-15(13-17(16)14-7-3-2-4-8-14)25(22,23)18-9-5-6-12-20-18/h2-13H,1H3. The summed E-state index contributed by atoms with van der Waals surface area (Å²) >= 11 is 0. The van der Waals surface area contributed by atoms with E-state index in [2.05, 4.69) is 4.98 Å². The van der Waals surface area contributed by atoms with E-state index in [0.29, 0.717) is 11.1 Å². The lowest BCUT2D eigenvalue weighted by Gasteiger charge is -2.11. The Kier molecular flexibility index (Phi) is 4.63. The van der Waals surface area contributed by atoms with Gasteiger partial charge in [-0.25, -0.2) is 18.2 Å². The van der Waals surface area contributed by atoms with E-state index in [1.54, 1.807) is 24.3 Å². The number of ether oxygens (including phenoxy) is 1. The number of nitrogens with zero attached hydrogens (tertiary/aromatic N) is 1. The normalized spacial score (nSPS) is 11.1. The predicted octanol–water partition coefficient (Wildman–Crippen LogP) is 3.37. The first-order chi connectivity index (χ1) is 12.0. The average Bonchev–Trinajstić information content (AvgIpc) is 2.68. The Bertz CT molecular complexity index is 1000. The van der Waals surface area contributed by atoms with Crippen LogP contribution in [0.3, 0.4) is 0 Å². The summed E-state index contributed by atoms with van der Waals surface area (Å²) in [5.74, 6) is -0.527. The van der Waals surface area contributed by atoms with Crippen LogP contribution in [0.1, 0.15) is 10.4 Å². The fourth-order valence-corrected chi connectivity index (χ4v) is 3.68. The van der Waals surface area contributed by atoms with Gasteiger partial charge in [0.25, 0.3) is 0 Å². The second-order valence-electron chi connectivity index (χ2n) is 5.24. The lowest BCUT2D eigenvalue weighted by molar-refractivity contribution is 0.0601. The van der Waals surface area contributed by atoms with E-state index < -0.39 is 15.8 Å². The number of hydrogen-bond donors (Lipinski definition) is 0. The van der Waals surface area contributed by atoms with Gasteiger partial charge < -0.3 is 4.74 Å². The second kappa shape index (κ2) is 6.86. The van der Waals surface area contributed by atoms with Gasteiger partial charge in [0.15, 0.2) is 5.03 Å². The first-order valence-corrected chi connectivity index (χ1v) is 8.96. The number of pyridine rings is 1. The van der Waals surface area contributed by atoms with Gasteiger partial charge in [0.1, 0.15) is 0 Å². The highest BCUT2D eigenvalue weighted by Gasteiger charge is 2.22. The van der Waals surface area contributed by atoms with Gasteiger partial charge in [-0.05, 0) is 41.5 Å². The molecule has 0 aliphatic heterocycles. The molecule has 0 saturated heterocycles. The molecule has 3 rings (SSSR count). The monoisotopic (exact) mass is 353 g/mol. The zero-order valence-corrected chi connectivity index (χ0v) is 14.2. The van der Waals surface area contributed by atoms with Crippen molar-refractivity contribution in [3.63, 3.8) is 0 Å². The van der Waals surface area contributed by atoms with E-state index in [0.717, 1.165) is 5.56 Å². The third kappa shape index (κ3) is 3.29. The Morgan fingerprint density at radius 1 is 0.960 bits per heavy atom. The maximum Gasteiger partial charge on any atom is 0.338 e. The van der Waals surface area contributed by atoms with Crippen LogP contribution in [-0.2, 0) is 14.6 Å². The smallest absolute Gasteiger partial charge is 0.338 e. The first-order valence-electron chi connectivity index (χ1n) is 7.48. The summed E-state index contributed by atoms with van der Waals surface area (Å²) in [5.41, 5.74) is 1.51. The molecule has 0 atom stereocenters. The molecule has 0 fully saturated rings. The molecular formula is C19H15NO4S. The Hall–Kier alpha value is -2.99. The van der Waals surface area contributed by atoms with Crippen molar-refractivity contribution >= 4 is 15.8 Å². The van der Waals surface area contributed by atoms with Crippen LogP contribution in [0.25, 0.3) is 11.1 Å². The predicted molar refractivity (Wildman–Crippen MR) is 92.9 cm³/mol. The van der Waals surface area contributed by atoms with Gasteiger partial charge in [0.2, 0.25) is 9.84 Å². The molecule has 126 valence electrons. The van der Waals surface area contributed by atoms with Crippen LogP contribution in [0.5, 0.6) is 0 Å². The summed E-state index contributed by atoms with van der Waals surface area (Å²) in [5, 5.41) is -0.0418. The molecular weight excluding hydrogens is 338 g/mol. The van der Waals surface area contributed by atoms with Crippen LogP contribution in [0.15, 0.2) is 82.8 Å². The van der Waals surface area contributed by atoms with Gasteiger partial charge in [-0.2, -0.15) is 0 Å². The minimum absolute atomic E-state index is 0.0418. The Morgan fingerprint density at radius 3 is 2.32 bits per heavy atom. The average molecular weight is 353 g/mol. The van der Waals surface area contributed by atoms with E-state index in [9.17, 15) is 13.2 Å². The molecule has 2 aromatic carbocycles. The van der Waals surface area contributed by atoms with Gasteiger partial charge in [-0.1, -0.05) is 36.4 Å². The van der Waals surface area contributed by atoms with E-state index in [1.165, 1.54) is 37.6 Å². The Labute approximate surface area is 145 Å². The lowest BCUT2D eigenvalue weighted by atomic mass is 10.00. The van der Waals surface area contributed by atoms with Crippen LogP contribution in [0.4, 0.5) is 0 Å². The number of benzene rings is 2. The SMILES string of the molecule is COC(=O)c1ccc(S(=O)(=O)c2ccccn2)cc1-c1ccccc1. The minimum Gasteiger partial charge on any atom is -0.465 e. The van der Waals surface area contributed by atoms with Gasteiger partial charge in [-0.3, -0.25) is 0 Å². The molecule has 0 spiro atoms. The van der Waals surface area contributed by atoms with Crippen molar-refractivity contribution in [3.8, 4) is 11.1 Å². The van der Waals surface area contributed by atoms with Crippen LogP contribution in [0.2, 0.25) is 0 Å². The number of carbonyl (C=O) groups is 1. The van der Waals surface area contributed by atoms with Gasteiger partial charge >= 0.3 is 5.97 Å².